The van der Waals surface area contributed by atoms with E-state index >= 15 is 0 Å². The van der Waals surface area contributed by atoms with E-state index < -0.39 is 5.97 Å². The monoisotopic (exact) mass is 474 g/mol. The molecule has 9 heteroatoms. The van der Waals surface area contributed by atoms with Crippen LogP contribution in [0.4, 0.5) is 0 Å². The number of hydrogen-bond acceptors (Lipinski definition) is 3. The minimum atomic E-state index is -0.833. The van der Waals surface area contributed by atoms with Gasteiger partial charge in [-0.3, -0.25) is 4.79 Å². The largest absolute Gasteiger partial charge is 0.481 e. The van der Waals surface area contributed by atoms with E-state index in [9.17, 15) is 0 Å². The molecule has 0 aliphatic carbocycles. The Morgan fingerprint density at radius 3 is 2.28 bits per heavy atom. The second kappa shape index (κ2) is 11.4. The Bertz CT molecular complexity index is 945. The first-order chi connectivity index (χ1) is 13.8. The molecule has 0 fully saturated rings. The van der Waals surface area contributed by atoms with Crippen molar-refractivity contribution in [1.29, 1.82) is 0 Å². The number of hydrogen-bond donors (Lipinski definition) is 1. The van der Waals surface area contributed by atoms with E-state index in [4.69, 9.17) is 61.0 Å². The summed E-state index contributed by atoms with van der Waals surface area (Å²) < 4.78 is 8.05. The summed E-state index contributed by atoms with van der Waals surface area (Å²) in [6.07, 6.45) is 5.03. The van der Waals surface area contributed by atoms with Crippen LogP contribution in [0, 0.1) is 0 Å². The second-order valence-electron chi connectivity index (χ2n) is 5.98. The zero-order valence-electron chi connectivity index (χ0n) is 15.4. The molecule has 3 rings (SSSR count). The number of carboxylic acid groups (broad SMARTS) is 1. The van der Waals surface area contributed by atoms with Crippen molar-refractivity contribution in [3.63, 3.8) is 0 Å². The molecule has 5 nitrogen and oxygen atoms in total. The van der Waals surface area contributed by atoms with Gasteiger partial charge >= 0.3 is 0 Å². The summed E-state index contributed by atoms with van der Waals surface area (Å²) in [5.41, 5.74) is 1.71. The number of halogens is 4. The molecule has 3 aromatic rings. The zero-order valence-corrected chi connectivity index (χ0v) is 18.4. The van der Waals surface area contributed by atoms with Crippen molar-refractivity contribution in [1.82, 2.24) is 9.55 Å². The molecule has 1 heterocycles. The van der Waals surface area contributed by atoms with Gasteiger partial charge in [0.2, 0.25) is 0 Å². The van der Waals surface area contributed by atoms with E-state index in [1.165, 1.54) is 0 Å². The molecule has 0 radical (unpaired) electrons. The molecule has 154 valence electrons. The highest BCUT2D eigenvalue weighted by Gasteiger charge is 2.17. The Labute approximate surface area is 188 Å². The summed E-state index contributed by atoms with van der Waals surface area (Å²) in [5.74, 6) is -0.833. The van der Waals surface area contributed by atoms with Crippen LogP contribution < -0.4 is 0 Å². The van der Waals surface area contributed by atoms with E-state index in [1.807, 2.05) is 22.9 Å². The van der Waals surface area contributed by atoms with Crippen LogP contribution in [-0.4, -0.2) is 20.6 Å². The van der Waals surface area contributed by atoms with Crippen LogP contribution in [0.2, 0.25) is 20.1 Å². The SMILES string of the molecule is CC(=O)O.Clc1ccc(CO[C@@H](Cn2ccnc2)c2ccc(Cl)cc2Cl)c(Cl)c1. The zero-order chi connectivity index (χ0) is 21.4. The number of imidazole rings is 1. The third-order valence-electron chi connectivity index (χ3n) is 3.70. The average Bonchev–Trinajstić information content (AvgIpc) is 3.13. The molecule has 0 saturated heterocycles. The van der Waals surface area contributed by atoms with E-state index in [2.05, 4.69) is 4.98 Å². The Morgan fingerprint density at radius 1 is 1.10 bits per heavy atom. The third-order valence-corrected chi connectivity index (χ3v) is 4.85. The number of aliphatic carboxylic acids is 1. The smallest absolute Gasteiger partial charge is 0.300 e. The minimum Gasteiger partial charge on any atom is -0.481 e. The maximum absolute atomic E-state index is 9.00. The van der Waals surface area contributed by atoms with Crippen molar-refractivity contribution < 1.29 is 14.6 Å². The van der Waals surface area contributed by atoms with Gasteiger partial charge in [0.15, 0.2) is 0 Å². The van der Waals surface area contributed by atoms with Gasteiger partial charge < -0.3 is 14.4 Å². The Hall–Kier alpha value is -1.76. The molecule has 0 unspecified atom stereocenters. The highest BCUT2D eigenvalue weighted by atomic mass is 35.5. The number of benzene rings is 2. The van der Waals surface area contributed by atoms with Crippen molar-refractivity contribution in [3.05, 3.63) is 86.3 Å². The lowest BCUT2D eigenvalue weighted by Gasteiger charge is -2.21. The molecular formula is C20H18Cl4N2O3. The predicted molar refractivity (Wildman–Crippen MR) is 116 cm³/mol. The van der Waals surface area contributed by atoms with E-state index in [0.29, 0.717) is 33.2 Å². The molecule has 1 atom stereocenters. The summed E-state index contributed by atoms with van der Waals surface area (Å²) in [6, 6.07) is 10.7. The van der Waals surface area contributed by atoms with Gasteiger partial charge in [0.1, 0.15) is 6.10 Å². The van der Waals surface area contributed by atoms with Gasteiger partial charge in [0, 0.05) is 45.0 Å². The lowest BCUT2D eigenvalue weighted by molar-refractivity contribution is -0.134. The Balaban J connectivity index is 0.000000687. The summed E-state index contributed by atoms with van der Waals surface area (Å²) in [5, 5.41) is 9.70. The molecule has 1 aromatic heterocycles. The van der Waals surface area contributed by atoms with Gasteiger partial charge in [-0.05, 0) is 29.8 Å². The van der Waals surface area contributed by atoms with Crippen LogP contribution in [0.5, 0.6) is 0 Å². The molecule has 0 aliphatic rings. The maximum Gasteiger partial charge on any atom is 0.300 e. The first-order valence-corrected chi connectivity index (χ1v) is 9.93. The van der Waals surface area contributed by atoms with E-state index in [-0.39, 0.29) is 6.10 Å². The van der Waals surface area contributed by atoms with Crippen molar-refractivity contribution in [2.45, 2.75) is 26.2 Å². The van der Waals surface area contributed by atoms with Crippen LogP contribution in [0.15, 0.2) is 55.1 Å². The first kappa shape index (κ1) is 23.5. The summed E-state index contributed by atoms with van der Waals surface area (Å²) >= 11 is 24.5. The molecule has 0 bridgehead atoms. The van der Waals surface area contributed by atoms with Gasteiger partial charge in [-0.2, -0.15) is 0 Å². The second-order valence-corrected chi connectivity index (χ2v) is 7.67. The Morgan fingerprint density at radius 2 is 1.72 bits per heavy atom. The van der Waals surface area contributed by atoms with Crippen LogP contribution in [0.3, 0.4) is 0 Å². The normalized spacial score (nSPS) is 11.5. The van der Waals surface area contributed by atoms with Crippen molar-refractivity contribution in [3.8, 4) is 0 Å². The summed E-state index contributed by atoms with van der Waals surface area (Å²) in [7, 11) is 0. The van der Waals surface area contributed by atoms with E-state index in [0.717, 1.165) is 18.1 Å². The fraction of sp³-hybridized carbons (Fsp3) is 0.200. The Kier molecular flexibility index (Phi) is 9.27. The molecule has 29 heavy (non-hydrogen) atoms. The molecular weight excluding hydrogens is 458 g/mol. The standard InChI is InChI=1S/C18H14Cl4N2O.C2H4O2/c19-13-2-1-12(16(21)7-13)10-25-18(9-24-6-5-23-11-24)15-4-3-14(20)8-17(15)22;1-2(3)4/h1-8,11,18H,9-10H2;1H3,(H,3,4)/t18-;/m0./s1. The topological polar surface area (TPSA) is 64.3 Å². The van der Waals surface area contributed by atoms with Crippen LogP contribution >= 0.6 is 46.4 Å². The maximum atomic E-state index is 9.00. The predicted octanol–water partition coefficient (Wildman–Crippen LogP) is 6.55. The molecule has 0 saturated carbocycles. The van der Waals surface area contributed by atoms with Crippen molar-refractivity contribution in [2.24, 2.45) is 0 Å². The van der Waals surface area contributed by atoms with Gasteiger partial charge in [-0.15, -0.1) is 0 Å². The van der Waals surface area contributed by atoms with Gasteiger partial charge in [-0.1, -0.05) is 58.5 Å². The average molecular weight is 476 g/mol. The minimum absolute atomic E-state index is 0.286. The molecule has 1 N–H and O–H groups in total. The summed E-state index contributed by atoms with van der Waals surface area (Å²) in [4.78, 5) is 13.1. The highest BCUT2D eigenvalue weighted by Crippen LogP contribution is 2.31. The van der Waals surface area contributed by atoms with Gasteiger partial charge in [0.05, 0.1) is 19.5 Å². The first-order valence-electron chi connectivity index (χ1n) is 8.42. The number of rotatable bonds is 6. The fourth-order valence-electron chi connectivity index (χ4n) is 2.42. The van der Waals surface area contributed by atoms with E-state index in [1.54, 1.807) is 36.8 Å². The quantitative estimate of drug-likeness (QED) is 0.439. The van der Waals surface area contributed by atoms with Crippen LogP contribution in [0.25, 0.3) is 0 Å². The number of nitrogens with zero attached hydrogens (tertiary/aromatic N) is 2. The van der Waals surface area contributed by atoms with Gasteiger partial charge in [0.25, 0.3) is 5.97 Å². The van der Waals surface area contributed by atoms with Crippen molar-refractivity contribution in [2.75, 3.05) is 0 Å². The number of carboxylic acids is 1. The van der Waals surface area contributed by atoms with Crippen LogP contribution in [-0.2, 0) is 22.7 Å². The number of carbonyl (C=O) groups is 1. The number of aromatic nitrogens is 2. The molecule has 0 spiro atoms. The van der Waals surface area contributed by atoms with Gasteiger partial charge in [-0.25, -0.2) is 4.98 Å². The molecule has 2 aromatic carbocycles. The molecule has 0 aliphatic heterocycles. The lowest BCUT2D eigenvalue weighted by atomic mass is 10.1. The third kappa shape index (κ3) is 7.88. The lowest BCUT2D eigenvalue weighted by Crippen LogP contribution is -2.12. The fourth-order valence-corrected chi connectivity index (χ4v) is 3.41. The number of ether oxygens (including phenoxy) is 1. The van der Waals surface area contributed by atoms with Crippen LogP contribution in [0.1, 0.15) is 24.2 Å². The molecule has 0 amide bonds. The summed E-state index contributed by atoms with van der Waals surface area (Å²) in [6.45, 7) is 1.97. The van der Waals surface area contributed by atoms with Crippen molar-refractivity contribution >= 4 is 52.4 Å². The highest BCUT2D eigenvalue weighted by molar-refractivity contribution is 6.35.